The van der Waals surface area contributed by atoms with Gasteiger partial charge in [-0.1, -0.05) is 13.3 Å². The van der Waals surface area contributed by atoms with Gasteiger partial charge in [-0.2, -0.15) is 0 Å². The van der Waals surface area contributed by atoms with E-state index >= 15 is 0 Å². The molecule has 0 atom stereocenters. The molecule has 118 valence electrons. The molecule has 0 aromatic carbocycles. The van der Waals surface area contributed by atoms with Crippen LogP contribution in [0.1, 0.15) is 53.4 Å². The first-order chi connectivity index (χ1) is 9.60. The van der Waals surface area contributed by atoms with E-state index in [1.165, 1.54) is 25.7 Å². The smallest absolute Gasteiger partial charge is 0.193 e. The predicted molar refractivity (Wildman–Crippen MR) is 88.4 cm³/mol. The first kappa shape index (κ1) is 17.3. The lowest BCUT2D eigenvalue weighted by atomic mass is 10.3. The number of aliphatic imine (C=N–C) groups is 1. The van der Waals surface area contributed by atoms with E-state index in [2.05, 4.69) is 49.9 Å². The van der Waals surface area contributed by atoms with E-state index in [1.54, 1.807) is 0 Å². The van der Waals surface area contributed by atoms with Crippen LogP contribution in [0.25, 0.3) is 0 Å². The zero-order chi connectivity index (χ0) is 15.0. The Morgan fingerprint density at radius 1 is 1.25 bits per heavy atom. The first-order valence-corrected chi connectivity index (χ1v) is 8.35. The van der Waals surface area contributed by atoms with Crippen LogP contribution >= 0.6 is 0 Å². The highest BCUT2D eigenvalue weighted by Gasteiger charge is 2.30. The lowest BCUT2D eigenvalue weighted by Crippen LogP contribution is -2.40. The van der Waals surface area contributed by atoms with Gasteiger partial charge in [0.25, 0.3) is 0 Å². The molecule has 0 saturated heterocycles. The zero-order valence-corrected chi connectivity index (χ0v) is 14.2. The summed E-state index contributed by atoms with van der Waals surface area (Å²) in [6, 6.07) is 1.46. The third-order valence-electron chi connectivity index (χ3n) is 3.84. The molecule has 0 radical (unpaired) electrons. The van der Waals surface area contributed by atoms with E-state index < -0.39 is 0 Å². The molecule has 1 fully saturated rings. The molecule has 1 N–H and O–H groups in total. The highest BCUT2D eigenvalue weighted by atomic mass is 15.3. The van der Waals surface area contributed by atoms with Crippen LogP contribution < -0.4 is 5.32 Å². The molecule has 20 heavy (non-hydrogen) atoms. The third kappa shape index (κ3) is 6.12. The summed E-state index contributed by atoms with van der Waals surface area (Å²) in [7, 11) is 2.14. The van der Waals surface area contributed by atoms with Crippen molar-refractivity contribution >= 4 is 5.96 Å². The van der Waals surface area contributed by atoms with Crippen molar-refractivity contribution in [3.05, 3.63) is 0 Å². The highest BCUT2D eigenvalue weighted by Crippen LogP contribution is 2.28. The summed E-state index contributed by atoms with van der Waals surface area (Å²) in [5, 5.41) is 3.40. The average molecular weight is 282 g/mol. The number of unbranched alkanes of at least 4 members (excludes halogenated alkanes) is 1. The summed E-state index contributed by atoms with van der Waals surface area (Å²) < 4.78 is 0. The Labute approximate surface area is 125 Å². The Kier molecular flexibility index (Phi) is 7.97. The molecule has 0 heterocycles. The van der Waals surface area contributed by atoms with E-state index in [-0.39, 0.29) is 0 Å². The Balaban J connectivity index is 2.44. The minimum absolute atomic E-state index is 0.637. The molecule has 0 spiro atoms. The summed E-state index contributed by atoms with van der Waals surface area (Å²) in [5.41, 5.74) is 0. The van der Waals surface area contributed by atoms with Crippen LogP contribution in [0.15, 0.2) is 4.99 Å². The SMILES string of the molecule is CCCCN(C)C(=NCCN(C(C)C)C1CC1)NCC. The van der Waals surface area contributed by atoms with Gasteiger partial charge in [0.15, 0.2) is 5.96 Å². The van der Waals surface area contributed by atoms with Gasteiger partial charge in [0, 0.05) is 38.8 Å². The number of rotatable bonds is 9. The quantitative estimate of drug-likeness (QED) is 0.521. The molecule has 0 aliphatic heterocycles. The van der Waals surface area contributed by atoms with Crippen LogP contribution in [0.5, 0.6) is 0 Å². The Bertz CT molecular complexity index is 282. The monoisotopic (exact) mass is 282 g/mol. The lowest BCUT2D eigenvalue weighted by Gasteiger charge is -2.26. The molecule has 0 aromatic rings. The molecular weight excluding hydrogens is 248 g/mol. The van der Waals surface area contributed by atoms with Crippen LogP contribution in [0.2, 0.25) is 0 Å². The molecule has 1 saturated carbocycles. The van der Waals surface area contributed by atoms with Gasteiger partial charge in [0.2, 0.25) is 0 Å². The predicted octanol–water partition coefficient (Wildman–Crippen LogP) is 2.56. The standard InChI is InChI=1S/C16H34N4/c1-6-8-12-19(5)16(17-7-2)18-11-13-20(14(3)4)15-9-10-15/h14-15H,6-13H2,1-5H3,(H,17,18). The summed E-state index contributed by atoms with van der Waals surface area (Å²) in [5.74, 6) is 1.06. The molecule has 0 aromatic heterocycles. The highest BCUT2D eigenvalue weighted by molar-refractivity contribution is 5.79. The number of hydrogen-bond donors (Lipinski definition) is 1. The van der Waals surface area contributed by atoms with E-state index in [4.69, 9.17) is 4.99 Å². The van der Waals surface area contributed by atoms with E-state index in [9.17, 15) is 0 Å². The van der Waals surface area contributed by atoms with Crippen molar-refractivity contribution in [3.63, 3.8) is 0 Å². The Hall–Kier alpha value is -0.770. The van der Waals surface area contributed by atoms with Crippen molar-refractivity contribution in [2.75, 3.05) is 33.2 Å². The van der Waals surface area contributed by atoms with E-state index in [1.807, 2.05) is 0 Å². The van der Waals surface area contributed by atoms with Crippen LogP contribution in [-0.2, 0) is 0 Å². The summed E-state index contributed by atoms with van der Waals surface area (Å²) in [4.78, 5) is 9.64. The van der Waals surface area contributed by atoms with Crippen LogP contribution in [0.3, 0.4) is 0 Å². The van der Waals surface area contributed by atoms with E-state index in [0.29, 0.717) is 6.04 Å². The van der Waals surface area contributed by atoms with Crippen LogP contribution in [-0.4, -0.2) is 61.1 Å². The zero-order valence-electron chi connectivity index (χ0n) is 14.2. The molecule has 1 rings (SSSR count). The Morgan fingerprint density at radius 3 is 2.45 bits per heavy atom. The van der Waals surface area contributed by atoms with Crippen molar-refractivity contribution in [3.8, 4) is 0 Å². The number of nitrogens with zero attached hydrogens (tertiary/aromatic N) is 3. The average Bonchev–Trinajstić information content (AvgIpc) is 3.23. The maximum absolute atomic E-state index is 4.79. The lowest BCUT2D eigenvalue weighted by molar-refractivity contribution is 0.217. The maximum atomic E-state index is 4.79. The number of guanidine groups is 1. The third-order valence-corrected chi connectivity index (χ3v) is 3.84. The van der Waals surface area contributed by atoms with Gasteiger partial charge in [-0.25, -0.2) is 0 Å². The molecule has 1 aliphatic rings. The second-order valence-corrected chi connectivity index (χ2v) is 6.07. The van der Waals surface area contributed by atoms with Gasteiger partial charge in [-0.05, 0) is 40.0 Å². The summed E-state index contributed by atoms with van der Waals surface area (Å²) in [6.45, 7) is 12.9. The fourth-order valence-electron chi connectivity index (χ4n) is 2.51. The molecule has 4 nitrogen and oxygen atoms in total. The van der Waals surface area contributed by atoms with Crippen molar-refractivity contribution in [1.29, 1.82) is 0 Å². The Morgan fingerprint density at radius 2 is 1.95 bits per heavy atom. The fraction of sp³-hybridized carbons (Fsp3) is 0.938. The van der Waals surface area contributed by atoms with Gasteiger partial charge in [0.05, 0.1) is 6.54 Å². The largest absolute Gasteiger partial charge is 0.357 e. The van der Waals surface area contributed by atoms with Crippen molar-refractivity contribution < 1.29 is 0 Å². The van der Waals surface area contributed by atoms with Gasteiger partial charge in [-0.15, -0.1) is 0 Å². The number of hydrogen-bond acceptors (Lipinski definition) is 2. The molecule has 1 aliphatic carbocycles. The van der Waals surface area contributed by atoms with Gasteiger partial charge in [-0.3, -0.25) is 9.89 Å². The minimum Gasteiger partial charge on any atom is -0.357 e. The second-order valence-electron chi connectivity index (χ2n) is 6.07. The van der Waals surface area contributed by atoms with E-state index in [0.717, 1.165) is 38.2 Å². The van der Waals surface area contributed by atoms with Crippen molar-refractivity contribution in [2.24, 2.45) is 4.99 Å². The van der Waals surface area contributed by atoms with Gasteiger partial charge in [0.1, 0.15) is 0 Å². The maximum Gasteiger partial charge on any atom is 0.193 e. The first-order valence-electron chi connectivity index (χ1n) is 8.35. The van der Waals surface area contributed by atoms with Crippen LogP contribution in [0, 0.1) is 0 Å². The summed E-state index contributed by atoms with van der Waals surface area (Å²) >= 11 is 0. The molecular formula is C16H34N4. The molecule has 0 bridgehead atoms. The normalized spacial score (nSPS) is 16.1. The fourth-order valence-corrected chi connectivity index (χ4v) is 2.51. The number of nitrogens with one attached hydrogen (secondary N) is 1. The topological polar surface area (TPSA) is 30.9 Å². The van der Waals surface area contributed by atoms with Crippen LogP contribution in [0.4, 0.5) is 0 Å². The molecule has 0 unspecified atom stereocenters. The van der Waals surface area contributed by atoms with Crippen molar-refractivity contribution in [2.45, 2.75) is 65.5 Å². The van der Waals surface area contributed by atoms with Gasteiger partial charge >= 0.3 is 0 Å². The summed E-state index contributed by atoms with van der Waals surface area (Å²) in [6.07, 6.45) is 5.20. The second kappa shape index (κ2) is 9.22. The molecule has 0 amide bonds. The minimum atomic E-state index is 0.637. The molecule has 4 heteroatoms. The van der Waals surface area contributed by atoms with Crippen molar-refractivity contribution in [1.82, 2.24) is 15.1 Å². The van der Waals surface area contributed by atoms with Gasteiger partial charge < -0.3 is 10.2 Å².